The quantitative estimate of drug-likeness (QED) is 0.737. The van der Waals surface area contributed by atoms with Gasteiger partial charge in [0.2, 0.25) is 0 Å². The first kappa shape index (κ1) is 16.7. The van der Waals surface area contributed by atoms with Gasteiger partial charge in [-0.25, -0.2) is 4.98 Å². The first-order chi connectivity index (χ1) is 12.8. The van der Waals surface area contributed by atoms with Crippen LogP contribution in [-0.4, -0.2) is 49.2 Å². The average molecular weight is 349 g/mol. The van der Waals surface area contributed by atoms with Gasteiger partial charge in [0.25, 0.3) is 0 Å². The molecule has 134 valence electrons. The standard InChI is InChI=1S/C19H23N7/c1-15-7-5-11-18(21-15)20-13-17-10-6-12-25(17)14-19-22-23-24-26(19)16-8-3-2-4-9-16/h2-5,7-9,11,17H,6,10,12-14H2,1H3,(H,20,21). The summed E-state index contributed by atoms with van der Waals surface area (Å²) in [6.45, 7) is 4.70. The van der Waals surface area contributed by atoms with Gasteiger partial charge in [-0.3, -0.25) is 4.90 Å². The number of hydrogen-bond donors (Lipinski definition) is 1. The van der Waals surface area contributed by atoms with E-state index >= 15 is 0 Å². The first-order valence-electron chi connectivity index (χ1n) is 9.04. The van der Waals surface area contributed by atoms with E-state index in [1.807, 2.05) is 60.1 Å². The third-order valence-electron chi connectivity index (χ3n) is 4.79. The molecule has 1 N–H and O–H groups in total. The average Bonchev–Trinajstić information content (AvgIpc) is 3.31. The summed E-state index contributed by atoms with van der Waals surface area (Å²) in [6.07, 6.45) is 2.37. The molecule has 4 rings (SSSR count). The van der Waals surface area contributed by atoms with Gasteiger partial charge >= 0.3 is 0 Å². The van der Waals surface area contributed by atoms with Crippen molar-refractivity contribution in [2.45, 2.75) is 32.4 Å². The maximum atomic E-state index is 4.52. The Hall–Kier alpha value is -2.80. The van der Waals surface area contributed by atoms with Gasteiger partial charge < -0.3 is 5.32 Å². The number of hydrogen-bond acceptors (Lipinski definition) is 6. The van der Waals surface area contributed by atoms with Crippen LogP contribution in [-0.2, 0) is 6.54 Å². The molecule has 0 spiro atoms. The lowest BCUT2D eigenvalue weighted by Crippen LogP contribution is -2.35. The molecule has 1 aliphatic heterocycles. The minimum Gasteiger partial charge on any atom is -0.368 e. The van der Waals surface area contributed by atoms with Crippen LogP contribution in [0.2, 0.25) is 0 Å². The Balaban J connectivity index is 1.42. The SMILES string of the molecule is Cc1cccc(NCC2CCCN2Cc2nnnn2-c2ccccc2)n1. The normalized spacial score (nSPS) is 17.5. The maximum absolute atomic E-state index is 4.52. The van der Waals surface area contributed by atoms with Crippen molar-refractivity contribution in [1.82, 2.24) is 30.1 Å². The fraction of sp³-hybridized carbons (Fsp3) is 0.368. The monoisotopic (exact) mass is 349 g/mol. The number of rotatable bonds is 6. The molecule has 1 unspecified atom stereocenters. The molecular weight excluding hydrogens is 326 g/mol. The Bertz CT molecular complexity index is 846. The molecule has 1 atom stereocenters. The van der Waals surface area contributed by atoms with Crippen molar-refractivity contribution in [3.05, 3.63) is 60.0 Å². The molecule has 0 aliphatic carbocycles. The molecule has 0 radical (unpaired) electrons. The van der Waals surface area contributed by atoms with Crippen LogP contribution >= 0.6 is 0 Å². The zero-order valence-electron chi connectivity index (χ0n) is 14.9. The van der Waals surface area contributed by atoms with Crippen LogP contribution in [0.5, 0.6) is 0 Å². The van der Waals surface area contributed by atoms with Gasteiger partial charge in [0.1, 0.15) is 5.82 Å². The number of para-hydroxylation sites is 1. The lowest BCUT2D eigenvalue weighted by Gasteiger charge is -2.24. The van der Waals surface area contributed by atoms with Crippen LogP contribution in [0.3, 0.4) is 0 Å². The number of likely N-dealkylation sites (tertiary alicyclic amines) is 1. The van der Waals surface area contributed by atoms with Crippen LogP contribution in [0.25, 0.3) is 5.69 Å². The molecule has 1 aromatic carbocycles. The molecule has 26 heavy (non-hydrogen) atoms. The van der Waals surface area contributed by atoms with E-state index in [1.54, 1.807) is 0 Å². The van der Waals surface area contributed by atoms with Crippen molar-refractivity contribution in [3.63, 3.8) is 0 Å². The minimum atomic E-state index is 0.457. The Labute approximate surface area is 153 Å². The first-order valence-corrected chi connectivity index (χ1v) is 9.04. The van der Waals surface area contributed by atoms with Crippen LogP contribution in [0.1, 0.15) is 24.4 Å². The van der Waals surface area contributed by atoms with Crippen molar-refractivity contribution in [1.29, 1.82) is 0 Å². The highest BCUT2D eigenvalue weighted by atomic mass is 15.5. The maximum Gasteiger partial charge on any atom is 0.170 e. The summed E-state index contributed by atoms with van der Waals surface area (Å²) in [5, 5.41) is 15.8. The summed E-state index contributed by atoms with van der Waals surface area (Å²) in [7, 11) is 0. The zero-order valence-corrected chi connectivity index (χ0v) is 14.9. The van der Waals surface area contributed by atoms with Crippen molar-refractivity contribution in [2.24, 2.45) is 0 Å². The predicted octanol–water partition coefficient (Wildman–Crippen LogP) is 2.44. The number of aryl methyl sites for hydroxylation is 1. The van der Waals surface area contributed by atoms with Crippen molar-refractivity contribution < 1.29 is 0 Å². The Morgan fingerprint density at radius 2 is 2.00 bits per heavy atom. The molecule has 7 nitrogen and oxygen atoms in total. The third-order valence-corrected chi connectivity index (χ3v) is 4.79. The Morgan fingerprint density at radius 3 is 2.85 bits per heavy atom. The lowest BCUT2D eigenvalue weighted by atomic mass is 10.2. The summed E-state index contributed by atoms with van der Waals surface area (Å²) in [5.41, 5.74) is 2.02. The molecule has 1 fully saturated rings. The zero-order chi connectivity index (χ0) is 17.8. The molecule has 1 saturated heterocycles. The van der Waals surface area contributed by atoms with Crippen LogP contribution in [0.15, 0.2) is 48.5 Å². The van der Waals surface area contributed by atoms with Crippen molar-refractivity contribution in [2.75, 3.05) is 18.4 Å². The van der Waals surface area contributed by atoms with Gasteiger partial charge in [-0.1, -0.05) is 24.3 Å². The largest absolute Gasteiger partial charge is 0.368 e. The molecule has 3 heterocycles. The summed E-state index contributed by atoms with van der Waals surface area (Å²) >= 11 is 0. The Morgan fingerprint density at radius 1 is 1.12 bits per heavy atom. The number of benzene rings is 1. The van der Waals surface area contributed by atoms with Gasteiger partial charge in [-0.2, -0.15) is 4.68 Å². The van der Waals surface area contributed by atoms with E-state index in [-0.39, 0.29) is 0 Å². The van der Waals surface area contributed by atoms with Crippen molar-refractivity contribution in [3.8, 4) is 5.69 Å². The summed E-state index contributed by atoms with van der Waals surface area (Å²) in [5.74, 6) is 1.81. The van der Waals surface area contributed by atoms with Gasteiger partial charge in [-0.15, -0.1) is 5.10 Å². The van der Waals surface area contributed by atoms with E-state index < -0.39 is 0 Å². The summed E-state index contributed by atoms with van der Waals surface area (Å²) in [6, 6.07) is 16.5. The fourth-order valence-electron chi connectivity index (χ4n) is 3.45. The van der Waals surface area contributed by atoms with Gasteiger partial charge in [-0.05, 0) is 61.0 Å². The smallest absolute Gasteiger partial charge is 0.170 e. The fourth-order valence-corrected chi connectivity index (χ4v) is 3.45. The number of aromatic nitrogens is 5. The van der Waals surface area contributed by atoms with Crippen LogP contribution in [0, 0.1) is 6.92 Å². The minimum absolute atomic E-state index is 0.457. The Kier molecular flexibility index (Phi) is 4.88. The molecule has 7 heteroatoms. The van der Waals surface area contributed by atoms with E-state index in [9.17, 15) is 0 Å². The molecular formula is C19H23N7. The second kappa shape index (κ2) is 7.61. The van der Waals surface area contributed by atoms with Crippen LogP contribution < -0.4 is 5.32 Å². The highest BCUT2D eigenvalue weighted by Crippen LogP contribution is 2.20. The number of nitrogens with one attached hydrogen (secondary N) is 1. The lowest BCUT2D eigenvalue weighted by molar-refractivity contribution is 0.246. The van der Waals surface area contributed by atoms with E-state index in [1.165, 1.54) is 12.8 Å². The number of anilines is 1. The second-order valence-electron chi connectivity index (χ2n) is 6.65. The van der Waals surface area contributed by atoms with Gasteiger partial charge in [0, 0.05) is 18.3 Å². The summed E-state index contributed by atoms with van der Waals surface area (Å²) in [4.78, 5) is 6.97. The molecule has 2 aromatic heterocycles. The van der Waals surface area contributed by atoms with E-state index in [4.69, 9.17) is 0 Å². The predicted molar refractivity (Wildman–Crippen MR) is 100 cm³/mol. The highest BCUT2D eigenvalue weighted by molar-refractivity contribution is 5.35. The van der Waals surface area contributed by atoms with E-state index in [2.05, 4.69) is 30.7 Å². The highest BCUT2D eigenvalue weighted by Gasteiger charge is 2.26. The third kappa shape index (κ3) is 3.72. The topological polar surface area (TPSA) is 71.8 Å². The van der Waals surface area contributed by atoms with Gasteiger partial charge in [0.15, 0.2) is 5.82 Å². The second-order valence-corrected chi connectivity index (χ2v) is 6.65. The number of tetrazole rings is 1. The molecule has 0 saturated carbocycles. The van der Waals surface area contributed by atoms with E-state index in [0.717, 1.165) is 42.7 Å². The van der Waals surface area contributed by atoms with Crippen molar-refractivity contribution >= 4 is 5.82 Å². The molecule has 0 amide bonds. The molecule has 3 aromatic rings. The molecule has 1 aliphatic rings. The number of pyridine rings is 1. The van der Waals surface area contributed by atoms with Gasteiger partial charge in [0.05, 0.1) is 12.2 Å². The van der Waals surface area contributed by atoms with Crippen LogP contribution in [0.4, 0.5) is 5.82 Å². The van der Waals surface area contributed by atoms with E-state index in [0.29, 0.717) is 6.04 Å². The molecule has 0 bridgehead atoms. The summed E-state index contributed by atoms with van der Waals surface area (Å²) < 4.78 is 1.82. The number of nitrogens with zero attached hydrogens (tertiary/aromatic N) is 6.